The standard InChI is InChI=1S/C15H22ClNOS/c1-18-8-7-15(5-6-15)10-17-12-3-2-4-13-11(12)9-14(16)19-13/h9,12,17H,2-8,10H2,1H3. The van der Waals surface area contributed by atoms with Crippen LogP contribution in [-0.2, 0) is 11.2 Å². The molecule has 0 aromatic carbocycles. The normalized spacial score (nSPS) is 24.2. The van der Waals surface area contributed by atoms with Gasteiger partial charge in [0, 0.05) is 31.2 Å². The van der Waals surface area contributed by atoms with Gasteiger partial charge in [-0.3, -0.25) is 0 Å². The van der Waals surface area contributed by atoms with Crippen molar-refractivity contribution in [2.75, 3.05) is 20.3 Å². The highest BCUT2D eigenvalue weighted by Crippen LogP contribution is 2.49. The number of hydrogen-bond acceptors (Lipinski definition) is 3. The van der Waals surface area contributed by atoms with Crippen LogP contribution in [0, 0.1) is 5.41 Å². The summed E-state index contributed by atoms with van der Waals surface area (Å²) in [5.41, 5.74) is 1.98. The van der Waals surface area contributed by atoms with E-state index in [4.69, 9.17) is 16.3 Å². The molecular formula is C15H22ClNOS. The smallest absolute Gasteiger partial charge is 0.0934 e. The number of halogens is 1. The summed E-state index contributed by atoms with van der Waals surface area (Å²) in [4.78, 5) is 1.50. The molecule has 0 saturated heterocycles. The van der Waals surface area contributed by atoms with Gasteiger partial charge in [-0.25, -0.2) is 0 Å². The van der Waals surface area contributed by atoms with Gasteiger partial charge < -0.3 is 10.1 Å². The monoisotopic (exact) mass is 299 g/mol. The zero-order valence-electron chi connectivity index (χ0n) is 11.5. The Kier molecular flexibility index (Phi) is 4.18. The van der Waals surface area contributed by atoms with Crippen molar-refractivity contribution in [3.8, 4) is 0 Å². The van der Waals surface area contributed by atoms with Crippen LogP contribution >= 0.6 is 22.9 Å². The van der Waals surface area contributed by atoms with Gasteiger partial charge in [0.1, 0.15) is 0 Å². The van der Waals surface area contributed by atoms with Crippen molar-refractivity contribution in [3.63, 3.8) is 0 Å². The van der Waals surface area contributed by atoms with E-state index in [-0.39, 0.29) is 0 Å². The number of hydrogen-bond donors (Lipinski definition) is 1. The third-order valence-corrected chi connectivity index (χ3v) is 5.94. The van der Waals surface area contributed by atoms with Gasteiger partial charge in [0.25, 0.3) is 0 Å². The summed E-state index contributed by atoms with van der Waals surface area (Å²) in [6.07, 6.45) is 7.65. The first-order chi connectivity index (χ1) is 9.22. The highest BCUT2D eigenvalue weighted by molar-refractivity contribution is 7.16. The van der Waals surface area contributed by atoms with E-state index in [2.05, 4.69) is 11.4 Å². The van der Waals surface area contributed by atoms with Crippen LogP contribution in [0.5, 0.6) is 0 Å². The zero-order chi connectivity index (χ0) is 13.3. The van der Waals surface area contributed by atoms with Gasteiger partial charge in [0.05, 0.1) is 4.34 Å². The second-order valence-electron chi connectivity index (χ2n) is 6.00. The fraction of sp³-hybridized carbons (Fsp3) is 0.733. The average molecular weight is 300 g/mol. The zero-order valence-corrected chi connectivity index (χ0v) is 13.1. The van der Waals surface area contributed by atoms with Crippen LogP contribution < -0.4 is 5.32 Å². The molecule has 2 aliphatic rings. The second kappa shape index (κ2) is 5.72. The van der Waals surface area contributed by atoms with E-state index in [1.54, 1.807) is 18.4 Å². The predicted octanol–water partition coefficient (Wildman–Crippen LogP) is 4.19. The molecule has 1 fully saturated rings. The molecular weight excluding hydrogens is 278 g/mol. The Morgan fingerprint density at radius 1 is 1.53 bits per heavy atom. The third kappa shape index (κ3) is 3.15. The van der Waals surface area contributed by atoms with Gasteiger partial charge in [0.2, 0.25) is 0 Å². The predicted molar refractivity (Wildman–Crippen MR) is 81.2 cm³/mol. The molecule has 1 aromatic rings. The highest BCUT2D eigenvalue weighted by atomic mass is 35.5. The number of fused-ring (bicyclic) bond motifs is 1. The number of ether oxygens (including phenoxy) is 1. The molecule has 1 aromatic heterocycles. The average Bonchev–Trinajstić information content (AvgIpc) is 3.07. The van der Waals surface area contributed by atoms with Crippen LogP contribution in [0.4, 0.5) is 0 Å². The van der Waals surface area contributed by atoms with Crippen LogP contribution in [0.2, 0.25) is 4.34 Å². The summed E-state index contributed by atoms with van der Waals surface area (Å²) >= 11 is 7.92. The lowest BCUT2D eigenvalue weighted by Crippen LogP contribution is -2.30. The van der Waals surface area contributed by atoms with Crippen molar-refractivity contribution in [3.05, 3.63) is 20.8 Å². The molecule has 0 aliphatic heterocycles. The van der Waals surface area contributed by atoms with E-state index in [9.17, 15) is 0 Å². The highest BCUT2D eigenvalue weighted by Gasteiger charge is 2.42. The second-order valence-corrected chi connectivity index (χ2v) is 7.77. The summed E-state index contributed by atoms with van der Waals surface area (Å²) in [5.74, 6) is 0. The van der Waals surface area contributed by atoms with Crippen molar-refractivity contribution in [2.45, 2.75) is 44.6 Å². The van der Waals surface area contributed by atoms with Crippen molar-refractivity contribution >= 4 is 22.9 Å². The molecule has 1 N–H and O–H groups in total. The maximum Gasteiger partial charge on any atom is 0.0934 e. The van der Waals surface area contributed by atoms with E-state index < -0.39 is 0 Å². The van der Waals surface area contributed by atoms with Crippen LogP contribution in [0.25, 0.3) is 0 Å². The molecule has 1 atom stereocenters. The van der Waals surface area contributed by atoms with E-state index in [1.807, 2.05) is 0 Å². The van der Waals surface area contributed by atoms with Crippen LogP contribution in [0.15, 0.2) is 6.07 Å². The summed E-state index contributed by atoms with van der Waals surface area (Å²) in [6, 6.07) is 2.69. The van der Waals surface area contributed by atoms with E-state index >= 15 is 0 Å². The van der Waals surface area contributed by atoms with E-state index in [0.717, 1.165) is 17.5 Å². The maximum absolute atomic E-state index is 6.16. The molecule has 2 aliphatic carbocycles. The molecule has 0 bridgehead atoms. The molecule has 4 heteroatoms. The fourth-order valence-corrected chi connectivity index (χ4v) is 4.47. The lowest BCUT2D eigenvalue weighted by atomic mass is 9.93. The van der Waals surface area contributed by atoms with Gasteiger partial charge in [-0.2, -0.15) is 0 Å². The first-order valence-corrected chi connectivity index (χ1v) is 8.42. The molecule has 19 heavy (non-hydrogen) atoms. The van der Waals surface area contributed by atoms with Gasteiger partial charge >= 0.3 is 0 Å². The quantitative estimate of drug-likeness (QED) is 0.850. The Bertz CT molecular complexity index is 441. The van der Waals surface area contributed by atoms with Crippen LogP contribution in [-0.4, -0.2) is 20.3 Å². The lowest BCUT2D eigenvalue weighted by molar-refractivity contribution is 0.170. The van der Waals surface area contributed by atoms with Gasteiger partial charge in [0.15, 0.2) is 0 Å². The number of thiophene rings is 1. The fourth-order valence-electron chi connectivity index (χ4n) is 3.08. The van der Waals surface area contributed by atoms with Crippen molar-refractivity contribution in [1.82, 2.24) is 5.32 Å². The van der Waals surface area contributed by atoms with Gasteiger partial charge in [-0.05, 0) is 55.6 Å². The Morgan fingerprint density at radius 2 is 2.37 bits per heavy atom. The first kappa shape index (κ1) is 13.9. The number of aryl methyl sites for hydroxylation is 1. The summed E-state index contributed by atoms with van der Waals surface area (Å²) in [7, 11) is 1.80. The minimum atomic E-state index is 0.521. The van der Waals surface area contributed by atoms with Crippen molar-refractivity contribution < 1.29 is 4.74 Å². The topological polar surface area (TPSA) is 21.3 Å². The summed E-state index contributed by atoms with van der Waals surface area (Å²) in [6.45, 7) is 2.02. The molecule has 0 amide bonds. The number of methoxy groups -OCH3 is 1. The summed E-state index contributed by atoms with van der Waals surface area (Å²) < 4.78 is 6.17. The Balaban J connectivity index is 1.59. The van der Waals surface area contributed by atoms with Crippen LogP contribution in [0.1, 0.15) is 48.6 Å². The largest absolute Gasteiger partial charge is 0.385 e. The molecule has 1 heterocycles. The molecule has 0 spiro atoms. The van der Waals surface area contributed by atoms with Crippen LogP contribution in [0.3, 0.4) is 0 Å². The van der Waals surface area contributed by atoms with E-state index in [1.165, 1.54) is 49.0 Å². The third-order valence-electron chi connectivity index (χ3n) is 4.60. The minimum absolute atomic E-state index is 0.521. The first-order valence-electron chi connectivity index (χ1n) is 7.23. The van der Waals surface area contributed by atoms with Gasteiger partial charge in [-0.15, -0.1) is 11.3 Å². The Hall–Kier alpha value is -0.0900. The summed E-state index contributed by atoms with van der Waals surface area (Å²) in [5, 5.41) is 3.80. The SMILES string of the molecule is COCCC1(CNC2CCCc3sc(Cl)cc32)CC1. The van der Waals surface area contributed by atoms with Gasteiger partial charge in [-0.1, -0.05) is 11.6 Å². The number of nitrogens with one attached hydrogen (secondary N) is 1. The minimum Gasteiger partial charge on any atom is -0.385 e. The molecule has 0 radical (unpaired) electrons. The molecule has 1 saturated carbocycles. The Labute approximate surface area is 124 Å². The molecule has 2 nitrogen and oxygen atoms in total. The molecule has 106 valence electrons. The van der Waals surface area contributed by atoms with Crippen molar-refractivity contribution in [1.29, 1.82) is 0 Å². The van der Waals surface area contributed by atoms with Crippen molar-refractivity contribution in [2.24, 2.45) is 5.41 Å². The van der Waals surface area contributed by atoms with E-state index in [0.29, 0.717) is 11.5 Å². The number of rotatable bonds is 6. The lowest BCUT2D eigenvalue weighted by Gasteiger charge is -2.26. The molecule has 1 unspecified atom stereocenters. The molecule has 3 rings (SSSR count). The maximum atomic E-state index is 6.16. The Morgan fingerprint density at radius 3 is 3.11 bits per heavy atom.